The van der Waals surface area contributed by atoms with Crippen LogP contribution in [0.3, 0.4) is 0 Å². The van der Waals surface area contributed by atoms with Crippen LogP contribution >= 0.6 is 0 Å². The van der Waals surface area contributed by atoms with Crippen molar-refractivity contribution in [2.45, 2.75) is 0 Å². The molecule has 27 heavy (non-hydrogen) atoms. The Hall–Kier alpha value is -3.41. The fourth-order valence-electron chi connectivity index (χ4n) is 2.26. The van der Waals surface area contributed by atoms with Gasteiger partial charge in [-0.25, -0.2) is 8.78 Å². The second-order valence-electron chi connectivity index (χ2n) is 5.41. The highest BCUT2D eigenvalue weighted by Crippen LogP contribution is 2.22. The van der Waals surface area contributed by atoms with E-state index in [4.69, 9.17) is 9.47 Å². The monoisotopic (exact) mass is 372 g/mol. The summed E-state index contributed by atoms with van der Waals surface area (Å²) in [5.74, 6) is -0.941. The average Bonchev–Trinajstić information content (AvgIpc) is 2.65. The highest BCUT2D eigenvalue weighted by atomic mass is 19.1. The molecule has 2 aromatic rings. The van der Waals surface area contributed by atoms with Gasteiger partial charge in [-0.2, -0.15) is 0 Å². The molecule has 0 aliphatic rings. The van der Waals surface area contributed by atoms with Crippen molar-refractivity contribution in [3.8, 4) is 11.5 Å². The quantitative estimate of drug-likeness (QED) is 0.434. The number of hydrogen-bond donors (Lipinski definition) is 1. The molecule has 0 heterocycles. The molecule has 0 spiro atoms. The van der Waals surface area contributed by atoms with E-state index in [9.17, 15) is 18.7 Å². The second kappa shape index (κ2) is 9.33. The zero-order chi connectivity index (χ0) is 19.8. The number of benzene rings is 2. The van der Waals surface area contributed by atoms with E-state index in [2.05, 4.69) is 0 Å². The number of methoxy groups -OCH3 is 2. The van der Waals surface area contributed by atoms with Crippen molar-refractivity contribution >= 4 is 17.9 Å². The third-order valence-electron chi connectivity index (χ3n) is 3.53. The van der Waals surface area contributed by atoms with Gasteiger partial charge in [0, 0.05) is 17.2 Å². The zero-order valence-corrected chi connectivity index (χ0v) is 14.8. The van der Waals surface area contributed by atoms with Crippen molar-refractivity contribution in [3.05, 3.63) is 83.1 Å². The number of hydrogen-bond acceptors (Lipinski definition) is 4. The summed E-state index contributed by atoms with van der Waals surface area (Å²) in [5.41, 5.74) is 0.795. The second-order valence-corrected chi connectivity index (χ2v) is 5.41. The third kappa shape index (κ3) is 5.81. The molecule has 0 saturated carbocycles. The smallest absolute Gasteiger partial charge is 0.182 e. The molecule has 0 aliphatic carbocycles. The van der Waals surface area contributed by atoms with Crippen molar-refractivity contribution < 1.29 is 28.2 Å². The van der Waals surface area contributed by atoms with E-state index in [1.54, 1.807) is 0 Å². The first kappa shape index (κ1) is 19.9. The molecular weight excluding hydrogens is 354 g/mol. The first-order valence-electron chi connectivity index (χ1n) is 7.91. The molecule has 0 radical (unpaired) electrons. The van der Waals surface area contributed by atoms with Crippen LogP contribution in [-0.4, -0.2) is 25.1 Å². The Kier molecular flexibility index (Phi) is 6.88. The van der Waals surface area contributed by atoms with Crippen molar-refractivity contribution in [2.75, 3.05) is 14.2 Å². The normalized spacial score (nSPS) is 11.9. The van der Waals surface area contributed by atoms with Gasteiger partial charge in [0.15, 0.2) is 5.78 Å². The maximum absolute atomic E-state index is 13.3. The number of allylic oxidation sites excluding steroid dienone is 3. The molecule has 2 aromatic carbocycles. The maximum Gasteiger partial charge on any atom is 0.182 e. The van der Waals surface area contributed by atoms with Crippen LogP contribution in [0.25, 0.3) is 12.2 Å². The lowest BCUT2D eigenvalue weighted by Crippen LogP contribution is -1.91. The van der Waals surface area contributed by atoms with Crippen LogP contribution in [0.1, 0.15) is 11.1 Å². The van der Waals surface area contributed by atoms with E-state index in [0.717, 1.165) is 6.08 Å². The van der Waals surface area contributed by atoms with E-state index in [0.29, 0.717) is 22.6 Å². The first-order valence-corrected chi connectivity index (χ1v) is 7.91. The van der Waals surface area contributed by atoms with Crippen LogP contribution in [0.2, 0.25) is 0 Å². The predicted molar refractivity (Wildman–Crippen MR) is 99.7 cm³/mol. The third-order valence-corrected chi connectivity index (χ3v) is 3.53. The summed E-state index contributed by atoms with van der Waals surface area (Å²) in [7, 11) is 2.87. The molecule has 0 aromatic heterocycles. The topological polar surface area (TPSA) is 55.8 Å². The van der Waals surface area contributed by atoms with Crippen molar-refractivity contribution in [1.82, 2.24) is 0 Å². The Morgan fingerprint density at radius 2 is 1.37 bits per heavy atom. The number of aliphatic hydroxyl groups is 1. The molecule has 0 amide bonds. The molecule has 140 valence electrons. The van der Waals surface area contributed by atoms with Crippen molar-refractivity contribution in [3.63, 3.8) is 0 Å². The predicted octanol–water partition coefficient (Wildman–Crippen LogP) is 4.72. The number of carbonyl (C=O) groups excluding carboxylic acids is 1. The van der Waals surface area contributed by atoms with E-state index in [1.165, 1.54) is 74.9 Å². The number of ether oxygens (including phenoxy) is 2. The lowest BCUT2D eigenvalue weighted by Gasteiger charge is -2.04. The van der Waals surface area contributed by atoms with E-state index >= 15 is 0 Å². The van der Waals surface area contributed by atoms with Crippen LogP contribution in [0.5, 0.6) is 11.5 Å². The SMILES string of the molecule is COc1ccc(F)cc1C=CC(=O)C=C(O)C=Cc1cc(F)ccc1OC. The minimum Gasteiger partial charge on any atom is -0.508 e. The standard InChI is InChI=1S/C21H18F2O4/c1-26-20-9-5-16(22)11-14(20)3-7-18(24)13-19(25)8-4-15-12-17(23)6-10-21(15)27-2/h3-13,24H,1-2H3. The molecule has 2 rings (SSSR count). The van der Waals surface area contributed by atoms with Crippen molar-refractivity contribution in [1.29, 1.82) is 0 Å². The Morgan fingerprint density at radius 3 is 1.85 bits per heavy atom. The first-order chi connectivity index (χ1) is 12.9. The Labute approximate surface area is 155 Å². The van der Waals surface area contributed by atoms with Crippen LogP contribution in [0, 0.1) is 11.6 Å². The summed E-state index contributed by atoms with van der Waals surface area (Å²) in [6.07, 6.45) is 6.19. The van der Waals surface area contributed by atoms with Gasteiger partial charge in [0.05, 0.1) is 14.2 Å². The van der Waals surface area contributed by atoms with Gasteiger partial charge in [-0.15, -0.1) is 0 Å². The Bertz CT molecular complexity index is 914. The van der Waals surface area contributed by atoms with E-state index in [1.807, 2.05) is 0 Å². The van der Waals surface area contributed by atoms with Crippen LogP contribution in [0.15, 0.2) is 60.4 Å². The zero-order valence-electron chi connectivity index (χ0n) is 14.8. The molecule has 0 unspecified atom stereocenters. The highest BCUT2D eigenvalue weighted by Gasteiger charge is 2.03. The summed E-state index contributed by atoms with van der Waals surface area (Å²) in [5, 5.41) is 9.86. The fraction of sp³-hybridized carbons (Fsp3) is 0.0952. The van der Waals surface area contributed by atoms with Crippen LogP contribution in [-0.2, 0) is 4.79 Å². The largest absolute Gasteiger partial charge is 0.508 e. The molecule has 0 bridgehead atoms. The molecular formula is C21H18F2O4. The minimum absolute atomic E-state index is 0.331. The van der Waals surface area contributed by atoms with Gasteiger partial charge in [0.1, 0.15) is 28.9 Å². The Balaban J connectivity index is 2.13. The van der Waals surface area contributed by atoms with Crippen LogP contribution < -0.4 is 9.47 Å². The molecule has 0 aliphatic heterocycles. The van der Waals surface area contributed by atoms with Gasteiger partial charge < -0.3 is 14.6 Å². The number of carbonyl (C=O) groups is 1. The molecule has 4 nitrogen and oxygen atoms in total. The Morgan fingerprint density at radius 1 is 0.889 bits per heavy atom. The molecule has 0 saturated heterocycles. The molecule has 0 atom stereocenters. The van der Waals surface area contributed by atoms with Crippen LogP contribution in [0.4, 0.5) is 8.78 Å². The summed E-state index contributed by atoms with van der Waals surface area (Å²) in [6.45, 7) is 0. The number of aliphatic hydroxyl groups excluding tert-OH is 1. The van der Waals surface area contributed by atoms with Gasteiger partial charge in [-0.05, 0) is 60.7 Å². The lowest BCUT2D eigenvalue weighted by atomic mass is 10.1. The number of halogens is 2. The molecule has 6 heteroatoms. The van der Waals surface area contributed by atoms with Gasteiger partial charge in [0.25, 0.3) is 0 Å². The summed E-state index contributed by atoms with van der Waals surface area (Å²) in [4.78, 5) is 11.9. The van der Waals surface area contributed by atoms with Crippen molar-refractivity contribution in [2.24, 2.45) is 0 Å². The summed E-state index contributed by atoms with van der Waals surface area (Å²) in [6, 6.07) is 7.86. The lowest BCUT2D eigenvalue weighted by molar-refractivity contribution is -0.110. The van der Waals surface area contributed by atoms with Gasteiger partial charge in [-0.1, -0.05) is 0 Å². The fourth-order valence-corrected chi connectivity index (χ4v) is 2.26. The van der Waals surface area contributed by atoms with E-state index < -0.39 is 17.4 Å². The molecule has 0 fully saturated rings. The maximum atomic E-state index is 13.3. The summed E-state index contributed by atoms with van der Waals surface area (Å²) < 4.78 is 36.8. The number of rotatable bonds is 7. The summed E-state index contributed by atoms with van der Waals surface area (Å²) >= 11 is 0. The average molecular weight is 372 g/mol. The van der Waals surface area contributed by atoms with Gasteiger partial charge >= 0.3 is 0 Å². The van der Waals surface area contributed by atoms with E-state index in [-0.39, 0.29) is 5.76 Å². The van der Waals surface area contributed by atoms with Gasteiger partial charge in [-0.3, -0.25) is 4.79 Å². The highest BCUT2D eigenvalue weighted by molar-refractivity contribution is 6.02. The minimum atomic E-state index is -0.519. The number of ketones is 1. The molecule has 1 N–H and O–H groups in total. The van der Waals surface area contributed by atoms with Gasteiger partial charge in [0.2, 0.25) is 0 Å².